The van der Waals surface area contributed by atoms with Crippen molar-refractivity contribution in [2.24, 2.45) is 47.3 Å². The molecular weight excluding hydrogens is 1620 g/mol. The van der Waals surface area contributed by atoms with E-state index in [4.69, 9.17) is 32.4 Å². The van der Waals surface area contributed by atoms with E-state index in [0.29, 0.717) is 70.0 Å². The Hall–Kier alpha value is -2.88. The number of nitriles is 2. The van der Waals surface area contributed by atoms with Gasteiger partial charge in [-0.1, -0.05) is 170 Å². The van der Waals surface area contributed by atoms with Crippen LogP contribution in [0.3, 0.4) is 0 Å². The Kier molecular flexibility index (Phi) is 49.5. The number of Topliss-reactive ketones (excluding diaryl/α,β-unsaturated/α-hetero) is 2. The number of halogens is 6. The van der Waals surface area contributed by atoms with Gasteiger partial charge in [-0.15, -0.1) is 0 Å². The maximum Gasteiger partial charge on any atom is 0.316 e. The third-order valence-electron chi connectivity index (χ3n) is 12.8. The fourth-order valence-corrected chi connectivity index (χ4v) is 11.3. The lowest BCUT2D eigenvalue weighted by molar-refractivity contribution is -0.153. The van der Waals surface area contributed by atoms with Gasteiger partial charge in [0.1, 0.15) is 51.2 Å². The van der Waals surface area contributed by atoms with Crippen LogP contribution < -0.4 is 11.1 Å². The molecule has 0 aliphatic carbocycles. The standard InChI is InChI=1S/C20H24N4OS.C14H14N4OS.C9H16O3.C6H12Br2.C6H10O3.C6H14O2.C3H7Br.Br3P/c1-12(2)14-10-24-18(25)15(8-21)17(23-19(24)26-11-14)13-6-7-16(22-9-13)20(3,4)5;1-14(2,3)10-5-4-8(7-16-10)11-9(6-15)12(19)18-13(20)17-11;1-5-12-9(11)8(6(2)3)7(4)10;1-5(2)6(3-7)4-8;1-3-9-6(8)4-5(2)7;1-5(2)6(3-7)4-8;1-3(2)4;1-4(2)3/h6-7,9,12,14H,10-11H2,1-5H3;4-5,7H,1-3H3,(H2,17,18,19,20);6,8H,5H2,1-4H3;5-6H,3-4H2,1-2H3;3-4H2,1-2H3;5-8H,3-4H2,1-2H3;3H,1-2H3;. The monoisotopic (exact) mass is 1710 g/mol. The topological polar surface area (TPSA) is 284 Å². The second-order valence-corrected chi connectivity index (χ2v) is 44.1. The number of hydrogen-bond donors (Lipinski definition) is 4. The molecule has 1 aliphatic rings. The number of pyridine rings is 2. The van der Waals surface area contributed by atoms with Crippen LogP contribution in [0.4, 0.5) is 0 Å². The largest absolute Gasteiger partial charge is 0.466 e. The molecule has 27 heteroatoms. The number of alkyl halides is 3. The minimum atomic E-state index is -0.593. The number of hydrogen-bond acceptors (Lipinski definition) is 17. The van der Waals surface area contributed by atoms with Gasteiger partial charge in [0, 0.05) is 92.7 Å². The molecule has 0 fully saturated rings. The third kappa shape index (κ3) is 38.5. The number of thioether (sulfide) groups is 1. The summed E-state index contributed by atoms with van der Waals surface area (Å²) in [6, 6.07) is 11.5. The molecule has 4 aromatic heterocycles. The molecule has 91 heavy (non-hydrogen) atoms. The Morgan fingerprint density at radius 2 is 1.21 bits per heavy atom. The van der Waals surface area contributed by atoms with Crippen LogP contribution in [0, 0.1) is 74.8 Å². The molecule has 2 atom stereocenters. The number of H-pyrrole nitrogens is 2. The quantitative estimate of drug-likeness (QED) is 0.0202. The van der Waals surface area contributed by atoms with Crippen LogP contribution in [0.5, 0.6) is 0 Å². The summed E-state index contributed by atoms with van der Waals surface area (Å²) in [5.41, 5.74) is 3.35. The summed E-state index contributed by atoms with van der Waals surface area (Å²) in [6.45, 7) is 40.8. The first-order valence-electron chi connectivity index (χ1n) is 29.6. The number of ketones is 2. The van der Waals surface area contributed by atoms with E-state index in [1.807, 2.05) is 58.0 Å². The predicted octanol–water partition coefficient (Wildman–Crippen LogP) is 16.9. The number of aliphatic hydroxyl groups is 2. The number of nitrogens with one attached hydrogen (secondary N) is 2. The van der Waals surface area contributed by atoms with Crippen molar-refractivity contribution in [1.82, 2.24) is 29.5 Å². The van der Waals surface area contributed by atoms with Gasteiger partial charge >= 0.3 is 11.9 Å². The highest BCUT2D eigenvalue weighted by Crippen LogP contribution is 2.59. The highest BCUT2D eigenvalue weighted by molar-refractivity contribution is 9.93. The van der Waals surface area contributed by atoms with Crippen molar-refractivity contribution in [3.63, 3.8) is 0 Å². The average molecular weight is 1710 g/mol. The molecule has 5 heterocycles. The lowest BCUT2D eigenvalue weighted by Gasteiger charge is -2.28. The van der Waals surface area contributed by atoms with E-state index < -0.39 is 23.4 Å². The Bertz CT molecular complexity index is 3030. The number of carbonyl (C=O) groups excluding carboxylic acids is 4. The molecule has 512 valence electrons. The SMILES string of the molecule is BrP(Br)Br.CC(C)(C)c1ccc(-c2[nH]c(=S)[nH]c(=O)c2C#N)cn1.CC(C)Br.CC(C)C(CBr)CBr.CC(C)C(CO)CO.CC(C)C1CSc2nc(-c3ccc(C(C)(C)C)nc3)c(C#N)c(=O)n2C1.CCOC(=O)C(C(C)=O)C(C)C.CCOC(=O)CC(C)=O. The minimum Gasteiger partial charge on any atom is -0.466 e. The molecule has 18 nitrogen and oxygen atoms in total. The second kappa shape index (κ2) is 48.8. The van der Waals surface area contributed by atoms with E-state index in [1.54, 1.807) is 42.6 Å². The van der Waals surface area contributed by atoms with Crippen LogP contribution in [0.1, 0.15) is 167 Å². The van der Waals surface area contributed by atoms with Crippen molar-refractivity contribution in [2.75, 3.05) is 42.8 Å². The van der Waals surface area contributed by atoms with Gasteiger partial charge in [-0.2, -0.15) is 10.5 Å². The zero-order valence-corrected chi connectivity index (χ0v) is 68.4. The van der Waals surface area contributed by atoms with E-state index in [2.05, 4.69) is 213 Å². The summed E-state index contributed by atoms with van der Waals surface area (Å²) in [5, 5.41) is 38.7. The Labute approximate surface area is 601 Å². The molecule has 0 spiro atoms. The number of rotatable bonds is 16. The van der Waals surface area contributed by atoms with Crippen LogP contribution in [0.15, 0.2) is 51.4 Å². The van der Waals surface area contributed by atoms with Gasteiger partial charge in [-0.05, 0) is 146 Å². The van der Waals surface area contributed by atoms with Gasteiger partial charge in [0.05, 0.1) is 24.6 Å². The number of esters is 2. The average Bonchev–Trinajstić information content (AvgIpc) is 1.09. The smallest absolute Gasteiger partial charge is 0.316 e. The van der Waals surface area contributed by atoms with Crippen molar-refractivity contribution < 1.29 is 38.9 Å². The van der Waals surface area contributed by atoms with Gasteiger partial charge < -0.3 is 24.7 Å². The molecule has 4 aromatic rings. The van der Waals surface area contributed by atoms with Crippen LogP contribution in [-0.2, 0) is 46.0 Å². The number of nitrogens with zero attached hydrogens (tertiary/aromatic N) is 6. The number of aliphatic hydroxyl groups excluding tert-OH is 2. The molecule has 1 aliphatic heterocycles. The minimum absolute atomic E-state index is 0.00362. The molecule has 2 unspecified atom stereocenters. The van der Waals surface area contributed by atoms with E-state index in [-0.39, 0.29) is 79.4 Å². The highest BCUT2D eigenvalue weighted by Gasteiger charge is 2.29. The fraction of sp³-hybridized carbons (Fsp3) is 0.625. The van der Waals surface area contributed by atoms with Crippen molar-refractivity contribution in [2.45, 2.75) is 172 Å². The molecule has 0 bridgehead atoms. The summed E-state index contributed by atoms with van der Waals surface area (Å²) in [5.74, 6) is 2.16. The number of aromatic amines is 2. The molecular formula is C64H97Br6N8O10PS2. The summed E-state index contributed by atoms with van der Waals surface area (Å²) < 4.78 is 10.9. The van der Waals surface area contributed by atoms with Gasteiger partial charge in [-0.25, -0.2) is 4.98 Å². The van der Waals surface area contributed by atoms with Crippen molar-refractivity contribution in [3.8, 4) is 34.7 Å². The molecule has 4 N–H and O–H groups in total. The highest BCUT2D eigenvalue weighted by atomic mass is 80.0. The van der Waals surface area contributed by atoms with Crippen molar-refractivity contribution >= 4 is 146 Å². The van der Waals surface area contributed by atoms with E-state index in [0.717, 1.165) is 39.6 Å². The Morgan fingerprint density at radius 1 is 0.758 bits per heavy atom. The number of ether oxygens (including phenoxy) is 2. The zero-order chi connectivity index (χ0) is 71.3. The summed E-state index contributed by atoms with van der Waals surface area (Å²) in [6.07, 6.45) is 3.25. The van der Waals surface area contributed by atoms with Gasteiger partial charge in [-0.3, -0.25) is 48.3 Å². The van der Waals surface area contributed by atoms with E-state index in [1.165, 1.54) is 13.8 Å². The number of aromatic nitrogens is 6. The lowest BCUT2D eigenvalue weighted by atomic mass is 9.91. The maximum atomic E-state index is 12.9. The maximum absolute atomic E-state index is 12.9. The zero-order valence-electron chi connectivity index (χ0n) is 56.4. The summed E-state index contributed by atoms with van der Waals surface area (Å²) >= 11 is 26.2. The Morgan fingerprint density at radius 3 is 1.52 bits per heavy atom. The fourth-order valence-electron chi connectivity index (χ4n) is 7.19. The molecule has 0 aromatic carbocycles. The third-order valence-corrected chi connectivity index (χ3v) is 15.8. The predicted molar refractivity (Wildman–Crippen MR) is 397 cm³/mol. The number of carbonyl (C=O) groups is 4. The first-order chi connectivity index (χ1) is 42.1. The normalized spacial score (nSPS) is 12.6. The van der Waals surface area contributed by atoms with Crippen LogP contribution >= 0.6 is 122 Å². The molecule has 0 amide bonds. The van der Waals surface area contributed by atoms with Gasteiger partial charge in [0.2, 0.25) is 0 Å². The van der Waals surface area contributed by atoms with Gasteiger partial charge in [0.15, 0.2) is 9.93 Å². The molecule has 0 radical (unpaired) electrons. The van der Waals surface area contributed by atoms with Crippen LogP contribution in [-0.4, -0.2) is 111 Å². The molecule has 5 rings (SSSR count). The van der Waals surface area contributed by atoms with Crippen LogP contribution in [0.2, 0.25) is 0 Å². The van der Waals surface area contributed by atoms with E-state index >= 15 is 0 Å². The van der Waals surface area contributed by atoms with E-state index in [9.17, 15) is 34.0 Å². The molecule has 0 saturated heterocycles. The summed E-state index contributed by atoms with van der Waals surface area (Å²) in [4.78, 5) is 86.9. The lowest BCUT2D eigenvalue weighted by Crippen LogP contribution is -2.34. The number of fused-ring (bicyclic) bond motifs is 1. The van der Waals surface area contributed by atoms with Crippen molar-refractivity contribution in [3.05, 3.63) is 84.7 Å². The molecule has 0 saturated carbocycles. The Balaban J connectivity index is -0.00000106. The first kappa shape index (κ1) is 92.3. The van der Waals surface area contributed by atoms with Crippen LogP contribution in [0.25, 0.3) is 22.5 Å². The summed E-state index contributed by atoms with van der Waals surface area (Å²) in [7, 11) is 0. The van der Waals surface area contributed by atoms with Crippen molar-refractivity contribution in [1.29, 1.82) is 10.5 Å². The first-order valence-corrected chi connectivity index (χ1v) is 41.5. The van der Waals surface area contributed by atoms with Gasteiger partial charge in [0.25, 0.3) is 11.1 Å². The second-order valence-electron chi connectivity index (χ2n) is 24.3.